The van der Waals surface area contributed by atoms with Crippen molar-refractivity contribution < 1.29 is 14.6 Å². The lowest BCUT2D eigenvalue weighted by Gasteiger charge is -2.20. The summed E-state index contributed by atoms with van der Waals surface area (Å²) in [7, 11) is 3.23. The molecule has 0 aromatic heterocycles. The lowest BCUT2D eigenvalue weighted by Crippen LogP contribution is -2.36. The molecule has 5 heteroatoms. The van der Waals surface area contributed by atoms with Gasteiger partial charge in [-0.05, 0) is 12.1 Å². The van der Waals surface area contributed by atoms with Crippen LogP contribution >= 0.6 is 11.8 Å². The van der Waals surface area contributed by atoms with E-state index in [0.717, 1.165) is 10.6 Å². The molecule has 1 unspecified atom stereocenters. The minimum Gasteiger partial charge on any atom is -0.389 e. The van der Waals surface area contributed by atoms with Crippen molar-refractivity contribution in [1.29, 1.82) is 0 Å². The first-order chi connectivity index (χ1) is 9.13. The Morgan fingerprint density at radius 3 is 2.74 bits per heavy atom. The molecule has 1 N–H and O–H groups in total. The van der Waals surface area contributed by atoms with Crippen molar-refractivity contribution in [3.63, 3.8) is 0 Å². The smallest absolute Gasteiger partial charge is 0.223 e. The second-order valence-corrected chi connectivity index (χ2v) is 5.46. The van der Waals surface area contributed by atoms with Crippen LogP contribution in [0.4, 0.5) is 0 Å². The van der Waals surface area contributed by atoms with E-state index in [1.807, 2.05) is 30.3 Å². The summed E-state index contributed by atoms with van der Waals surface area (Å²) in [6, 6.07) is 10.00. The molecule has 0 saturated heterocycles. The molecule has 4 nitrogen and oxygen atoms in total. The van der Waals surface area contributed by atoms with E-state index in [1.165, 1.54) is 7.11 Å². The highest BCUT2D eigenvalue weighted by atomic mass is 32.2. The predicted molar refractivity (Wildman–Crippen MR) is 77.3 cm³/mol. The number of amides is 1. The third kappa shape index (κ3) is 6.61. The molecule has 106 valence electrons. The molecule has 0 aliphatic rings. The Kier molecular flexibility index (Phi) is 7.55. The maximum Gasteiger partial charge on any atom is 0.223 e. The standard InChI is InChI=1S/C14H21NO3S/c1-15(10-12(16)11-18-2)14(17)8-9-19-13-6-4-3-5-7-13/h3-7,12,16H,8-11H2,1-2H3. The second kappa shape index (κ2) is 8.96. The highest BCUT2D eigenvalue weighted by molar-refractivity contribution is 7.99. The molecule has 1 atom stereocenters. The number of hydrogen-bond donors (Lipinski definition) is 1. The largest absolute Gasteiger partial charge is 0.389 e. The Morgan fingerprint density at radius 2 is 2.11 bits per heavy atom. The number of methoxy groups -OCH3 is 1. The van der Waals surface area contributed by atoms with Gasteiger partial charge in [-0.1, -0.05) is 18.2 Å². The van der Waals surface area contributed by atoms with Crippen LogP contribution in [0.1, 0.15) is 6.42 Å². The van der Waals surface area contributed by atoms with E-state index in [0.29, 0.717) is 13.0 Å². The van der Waals surface area contributed by atoms with Crippen LogP contribution in [0.25, 0.3) is 0 Å². The van der Waals surface area contributed by atoms with Gasteiger partial charge in [-0.25, -0.2) is 0 Å². The molecule has 0 aliphatic carbocycles. The van der Waals surface area contributed by atoms with Gasteiger partial charge in [0.2, 0.25) is 5.91 Å². The van der Waals surface area contributed by atoms with Gasteiger partial charge in [0.25, 0.3) is 0 Å². The van der Waals surface area contributed by atoms with Crippen LogP contribution in [0.3, 0.4) is 0 Å². The summed E-state index contributed by atoms with van der Waals surface area (Å²) >= 11 is 1.66. The normalized spacial score (nSPS) is 12.2. The number of likely N-dealkylation sites (N-methyl/N-ethyl adjacent to an activating group) is 1. The molecule has 0 spiro atoms. The third-order valence-corrected chi connectivity index (χ3v) is 3.61. The summed E-state index contributed by atoms with van der Waals surface area (Å²) in [6.45, 7) is 0.555. The average Bonchev–Trinajstić information content (AvgIpc) is 2.40. The van der Waals surface area contributed by atoms with Crippen LogP contribution < -0.4 is 0 Å². The van der Waals surface area contributed by atoms with Gasteiger partial charge in [0.05, 0.1) is 12.7 Å². The number of hydrogen-bond acceptors (Lipinski definition) is 4. The fourth-order valence-electron chi connectivity index (χ4n) is 1.63. The zero-order valence-corrected chi connectivity index (χ0v) is 12.2. The Morgan fingerprint density at radius 1 is 1.42 bits per heavy atom. The first kappa shape index (κ1) is 16.0. The first-order valence-electron chi connectivity index (χ1n) is 6.22. The molecule has 1 rings (SSSR count). The number of thioether (sulfide) groups is 1. The van der Waals surface area contributed by atoms with E-state index in [4.69, 9.17) is 4.74 Å². The lowest BCUT2D eigenvalue weighted by molar-refractivity contribution is -0.131. The highest BCUT2D eigenvalue weighted by Crippen LogP contribution is 2.17. The molecule has 0 bridgehead atoms. The Balaban J connectivity index is 2.23. The Labute approximate surface area is 118 Å². The molecule has 19 heavy (non-hydrogen) atoms. The third-order valence-electron chi connectivity index (χ3n) is 2.60. The van der Waals surface area contributed by atoms with Crippen LogP contribution in [0.5, 0.6) is 0 Å². The molecule has 1 amide bonds. The van der Waals surface area contributed by atoms with Crippen molar-refractivity contribution in [2.24, 2.45) is 0 Å². The topological polar surface area (TPSA) is 49.8 Å². The second-order valence-electron chi connectivity index (χ2n) is 4.29. The van der Waals surface area contributed by atoms with Gasteiger partial charge in [-0.3, -0.25) is 4.79 Å². The van der Waals surface area contributed by atoms with Crippen molar-refractivity contribution >= 4 is 17.7 Å². The molecular weight excluding hydrogens is 262 g/mol. The van der Waals surface area contributed by atoms with E-state index in [-0.39, 0.29) is 12.5 Å². The summed E-state index contributed by atoms with van der Waals surface area (Å²) < 4.78 is 4.83. The van der Waals surface area contributed by atoms with Gasteiger partial charge < -0.3 is 14.7 Å². The predicted octanol–water partition coefficient (Wildman–Crippen LogP) is 1.63. The van der Waals surface area contributed by atoms with Gasteiger partial charge in [0.1, 0.15) is 0 Å². The van der Waals surface area contributed by atoms with Gasteiger partial charge in [-0.2, -0.15) is 0 Å². The van der Waals surface area contributed by atoms with Crippen molar-refractivity contribution in [2.45, 2.75) is 17.4 Å². The van der Waals surface area contributed by atoms with Crippen molar-refractivity contribution in [1.82, 2.24) is 4.90 Å². The lowest BCUT2D eigenvalue weighted by atomic mass is 10.3. The van der Waals surface area contributed by atoms with E-state index >= 15 is 0 Å². The zero-order chi connectivity index (χ0) is 14.1. The number of benzene rings is 1. The van der Waals surface area contributed by atoms with Gasteiger partial charge in [-0.15, -0.1) is 11.8 Å². The number of carbonyl (C=O) groups excluding carboxylic acids is 1. The van der Waals surface area contributed by atoms with Crippen molar-refractivity contribution in [2.75, 3.05) is 33.1 Å². The maximum atomic E-state index is 11.8. The zero-order valence-electron chi connectivity index (χ0n) is 11.4. The van der Waals surface area contributed by atoms with E-state index in [1.54, 1.807) is 23.7 Å². The summed E-state index contributed by atoms with van der Waals surface area (Å²) in [4.78, 5) is 14.5. The molecule has 0 aliphatic heterocycles. The molecule has 0 heterocycles. The number of rotatable bonds is 8. The molecule has 0 radical (unpaired) electrons. The quantitative estimate of drug-likeness (QED) is 0.737. The van der Waals surface area contributed by atoms with Crippen LogP contribution in [-0.4, -0.2) is 55.1 Å². The SMILES string of the molecule is COCC(O)CN(C)C(=O)CCSc1ccccc1. The summed E-state index contributed by atoms with van der Waals surface area (Å²) in [5.74, 6) is 0.784. The number of ether oxygens (including phenoxy) is 1. The number of aliphatic hydroxyl groups excluding tert-OH is 1. The molecule has 1 aromatic rings. The fourth-order valence-corrected chi connectivity index (χ4v) is 2.49. The fraction of sp³-hybridized carbons (Fsp3) is 0.500. The van der Waals surface area contributed by atoms with Crippen LogP contribution in [-0.2, 0) is 9.53 Å². The molecule has 0 saturated carbocycles. The number of carbonyl (C=O) groups is 1. The van der Waals surface area contributed by atoms with Gasteiger partial charge in [0, 0.05) is 37.8 Å². The number of aliphatic hydroxyl groups is 1. The summed E-state index contributed by atoms with van der Waals surface area (Å²) in [5.41, 5.74) is 0. The number of nitrogens with zero attached hydrogens (tertiary/aromatic N) is 1. The van der Waals surface area contributed by atoms with E-state index in [9.17, 15) is 9.90 Å². The summed E-state index contributed by atoms with van der Waals surface area (Å²) in [6.07, 6.45) is -0.156. The minimum atomic E-state index is -0.624. The first-order valence-corrected chi connectivity index (χ1v) is 7.21. The minimum absolute atomic E-state index is 0.0404. The van der Waals surface area contributed by atoms with E-state index in [2.05, 4.69) is 0 Å². The molecular formula is C14H21NO3S. The monoisotopic (exact) mass is 283 g/mol. The van der Waals surface area contributed by atoms with E-state index < -0.39 is 6.10 Å². The molecule has 1 aromatic carbocycles. The summed E-state index contributed by atoms with van der Waals surface area (Å²) in [5, 5.41) is 9.55. The van der Waals surface area contributed by atoms with Crippen LogP contribution in [0.15, 0.2) is 35.2 Å². The van der Waals surface area contributed by atoms with Crippen molar-refractivity contribution in [3.05, 3.63) is 30.3 Å². The Bertz CT molecular complexity index is 372. The average molecular weight is 283 g/mol. The van der Waals surface area contributed by atoms with Crippen LogP contribution in [0, 0.1) is 0 Å². The highest BCUT2D eigenvalue weighted by Gasteiger charge is 2.13. The maximum absolute atomic E-state index is 11.8. The van der Waals surface area contributed by atoms with Gasteiger partial charge in [0.15, 0.2) is 0 Å². The van der Waals surface area contributed by atoms with Crippen molar-refractivity contribution in [3.8, 4) is 0 Å². The Hall–Kier alpha value is -1.04. The molecule has 0 fully saturated rings. The van der Waals surface area contributed by atoms with Gasteiger partial charge >= 0.3 is 0 Å². The van der Waals surface area contributed by atoms with Crippen LogP contribution in [0.2, 0.25) is 0 Å².